The second-order valence-electron chi connectivity index (χ2n) is 5.18. The van der Waals surface area contributed by atoms with Crippen LogP contribution in [0.3, 0.4) is 0 Å². The molecule has 1 N–H and O–H groups in total. The van der Waals surface area contributed by atoms with E-state index in [0.717, 1.165) is 36.6 Å². The van der Waals surface area contributed by atoms with Crippen molar-refractivity contribution < 1.29 is 13.9 Å². The molecule has 0 fully saturated rings. The molecule has 0 radical (unpaired) electrons. The molecule has 1 aliphatic rings. The summed E-state index contributed by atoms with van der Waals surface area (Å²) in [6, 6.07) is 12.7. The van der Waals surface area contributed by atoms with Gasteiger partial charge in [-0.3, -0.25) is 0 Å². The first kappa shape index (κ1) is 13.9. The average Bonchev–Trinajstić information content (AvgIpc) is 2.89. The lowest BCUT2D eigenvalue weighted by atomic mass is 10.1. The molecule has 4 heteroatoms. The summed E-state index contributed by atoms with van der Waals surface area (Å²) in [5.41, 5.74) is 2.14. The van der Waals surface area contributed by atoms with E-state index in [1.165, 1.54) is 11.6 Å². The maximum Gasteiger partial charge on any atom is 0.123 e. The molecule has 1 heterocycles. The van der Waals surface area contributed by atoms with Crippen LogP contribution in [0.1, 0.15) is 11.1 Å². The number of benzene rings is 2. The van der Waals surface area contributed by atoms with Gasteiger partial charge in [-0.05, 0) is 35.9 Å². The molecular weight excluding hydrogens is 269 g/mol. The first-order valence-electron chi connectivity index (χ1n) is 7.03. The van der Waals surface area contributed by atoms with Crippen LogP contribution in [0.2, 0.25) is 0 Å². The van der Waals surface area contributed by atoms with Crippen LogP contribution in [0, 0.1) is 5.82 Å². The second kappa shape index (κ2) is 6.14. The van der Waals surface area contributed by atoms with E-state index in [2.05, 4.69) is 5.32 Å². The third-order valence-electron chi connectivity index (χ3n) is 3.62. The van der Waals surface area contributed by atoms with Crippen molar-refractivity contribution in [1.82, 2.24) is 5.32 Å². The third-order valence-corrected chi connectivity index (χ3v) is 3.62. The SMILES string of the molecule is COc1ccc(CNCC2Cc3cc(F)ccc3O2)cc1. The van der Waals surface area contributed by atoms with E-state index >= 15 is 0 Å². The van der Waals surface area contributed by atoms with Crippen LogP contribution in [-0.4, -0.2) is 19.8 Å². The number of hydrogen-bond acceptors (Lipinski definition) is 3. The number of fused-ring (bicyclic) bond motifs is 1. The fourth-order valence-electron chi connectivity index (χ4n) is 2.52. The lowest BCUT2D eigenvalue weighted by Crippen LogP contribution is -2.29. The van der Waals surface area contributed by atoms with Crippen molar-refractivity contribution in [2.75, 3.05) is 13.7 Å². The average molecular weight is 287 g/mol. The van der Waals surface area contributed by atoms with Crippen LogP contribution in [0.25, 0.3) is 0 Å². The van der Waals surface area contributed by atoms with Gasteiger partial charge in [0.25, 0.3) is 0 Å². The minimum absolute atomic E-state index is 0.0695. The Hall–Kier alpha value is -2.07. The van der Waals surface area contributed by atoms with E-state index < -0.39 is 0 Å². The topological polar surface area (TPSA) is 30.5 Å². The van der Waals surface area contributed by atoms with E-state index in [9.17, 15) is 4.39 Å². The quantitative estimate of drug-likeness (QED) is 0.917. The van der Waals surface area contributed by atoms with Gasteiger partial charge in [-0.25, -0.2) is 4.39 Å². The summed E-state index contributed by atoms with van der Waals surface area (Å²) in [6.45, 7) is 1.51. The predicted octanol–water partition coefficient (Wildman–Crippen LogP) is 2.93. The summed E-state index contributed by atoms with van der Waals surface area (Å²) in [5.74, 6) is 1.45. The van der Waals surface area contributed by atoms with E-state index in [1.54, 1.807) is 19.2 Å². The summed E-state index contributed by atoms with van der Waals surface area (Å²) >= 11 is 0. The van der Waals surface area contributed by atoms with Crippen LogP contribution in [-0.2, 0) is 13.0 Å². The minimum atomic E-state index is -0.204. The maximum atomic E-state index is 13.1. The van der Waals surface area contributed by atoms with E-state index in [4.69, 9.17) is 9.47 Å². The Morgan fingerprint density at radius 3 is 2.81 bits per heavy atom. The van der Waals surface area contributed by atoms with Crippen molar-refractivity contribution in [2.45, 2.75) is 19.1 Å². The predicted molar refractivity (Wildman–Crippen MR) is 79.2 cm³/mol. The van der Waals surface area contributed by atoms with E-state index in [1.807, 2.05) is 24.3 Å². The molecule has 2 aromatic carbocycles. The number of hydrogen-bond donors (Lipinski definition) is 1. The Morgan fingerprint density at radius 1 is 1.24 bits per heavy atom. The largest absolute Gasteiger partial charge is 0.497 e. The molecular formula is C17H18FNO2. The van der Waals surface area contributed by atoms with E-state index in [0.29, 0.717) is 0 Å². The summed E-state index contributed by atoms with van der Waals surface area (Å²) in [6.07, 6.45) is 0.822. The standard InChI is InChI=1S/C17H18FNO2/c1-20-15-5-2-12(3-6-15)10-19-11-16-9-13-8-14(18)4-7-17(13)21-16/h2-8,16,19H,9-11H2,1H3. The van der Waals surface area contributed by atoms with Crippen LogP contribution in [0.4, 0.5) is 4.39 Å². The lowest BCUT2D eigenvalue weighted by Gasteiger charge is -2.12. The summed E-state index contributed by atoms with van der Waals surface area (Å²) in [4.78, 5) is 0. The summed E-state index contributed by atoms with van der Waals surface area (Å²) < 4.78 is 24.1. The normalized spacial score (nSPS) is 16.4. The van der Waals surface area contributed by atoms with Gasteiger partial charge in [-0.2, -0.15) is 0 Å². The molecule has 1 unspecified atom stereocenters. The second-order valence-corrected chi connectivity index (χ2v) is 5.18. The lowest BCUT2D eigenvalue weighted by molar-refractivity contribution is 0.227. The smallest absolute Gasteiger partial charge is 0.123 e. The van der Waals surface area contributed by atoms with E-state index in [-0.39, 0.29) is 11.9 Å². The van der Waals surface area contributed by atoms with Gasteiger partial charge in [-0.1, -0.05) is 12.1 Å². The minimum Gasteiger partial charge on any atom is -0.497 e. The van der Waals surface area contributed by atoms with Crippen molar-refractivity contribution in [3.63, 3.8) is 0 Å². The Kier molecular flexibility index (Phi) is 4.06. The maximum absolute atomic E-state index is 13.1. The highest BCUT2D eigenvalue weighted by Crippen LogP contribution is 2.28. The molecule has 21 heavy (non-hydrogen) atoms. The summed E-state index contributed by atoms with van der Waals surface area (Å²) in [5, 5.41) is 3.37. The van der Waals surface area contributed by atoms with Gasteiger partial charge >= 0.3 is 0 Å². The van der Waals surface area contributed by atoms with Crippen molar-refractivity contribution in [3.8, 4) is 11.5 Å². The zero-order valence-corrected chi connectivity index (χ0v) is 11.9. The number of nitrogens with one attached hydrogen (secondary N) is 1. The molecule has 0 aromatic heterocycles. The van der Waals surface area contributed by atoms with Crippen molar-refractivity contribution in [3.05, 3.63) is 59.4 Å². The molecule has 1 atom stereocenters. The molecule has 0 amide bonds. The van der Waals surface area contributed by atoms with Crippen LogP contribution in [0.5, 0.6) is 11.5 Å². The van der Waals surface area contributed by atoms with Crippen LogP contribution >= 0.6 is 0 Å². The first-order valence-corrected chi connectivity index (χ1v) is 7.03. The highest BCUT2D eigenvalue weighted by Gasteiger charge is 2.22. The Labute approximate surface area is 123 Å². The number of methoxy groups -OCH3 is 1. The van der Waals surface area contributed by atoms with Gasteiger partial charge in [-0.15, -0.1) is 0 Å². The van der Waals surface area contributed by atoms with Gasteiger partial charge in [0.05, 0.1) is 7.11 Å². The van der Waals surface area contributed by atoms with Gasteiger partial charge in [0, 0.05) is 25.1 Å². The van der Waals surface area contributed by atoms with Crippen LogP contribution in [0.15, 0.2) is 42.5 Å². The van der Waals surface area contributed by atoms with Gasteiger partial charge in [0.1, 0.15) is 23.4 Å². The third kappa shape index (κ3) is 3.34. The number of ether oxygens (including phenoxy) is 2. The Morgan fingerprint density at radius 2 is 2.05 bits per heavy atom. The van der Waals surface area contributed by atoms with Gasteiger partial charge < -0.3 is 14.8 Å². The molecule has 0 saturated carbocycles. The number of halogens is 1. The molecule has 0 bridgehead atoms. The van der Waals surface area contributed by atoms with Gasteiger partial charge in [0.2, 0.25) is 0 Å². The van der Waals surface area contributed by atoms with Crippen molar-refractivity contribution >= 4 is 0 Å². The molecule has 110 valence electrons. The highest BCUT2D eigenvalue weighted by molar-refractivity contribution is 5.38. The molecule has 0 aliphatic carbocycles. The fraction of sp³-hybridized carbons (Fsp3) is 0.294. The molecule has 3 nitrogen and oxygen atoms in total. The zero-order valence-electron chi connectivity index (χ0n) is 11.9. The first-order chi connectivity index (χ1) is 10.2. The number of rotatable bonds is 5. The highest BCUT2D eigenvalue weighted by atomic mass is 19.1. The van der Waals surface area contributed by atoms with Crippen molar-refractivity contribution in [1.29, 1.82) is 0 Å². The molecule has 2 aromatic rings. The van der Waals surface area contributed by atoms with Crippen molar-refractivity contribution in [2.24, 2.45) is 0 Å². The fourth-order valence-corrected chi connectivity index (χ4v) is 2.52. The molecule has 3 rings (SSSR count). The zero-order chi connectivity index (χ0) is 14.7. The van der Waals surface area contributed by atoms with Gasteiger partial charge in [0.15, 0.2) is 0 Å². The Bertz CT molecular complexity index is 613. The van der Waals surface area contributed by atoms with Crippen LogP contribution < -0.4 is 14.8 Å². The monoisotopic (exact) mass is 287 g/mol. The molecule has 0 saturated heterocycles. The summed E-state index contributed by atoms with van der Waals surface area (Å²) in [7, 11) is 1.66. The Balaban J connectivity index is 1.48. The molecule has 0 spiro atoms. The molecule has 1 aliphatic heterocycles.